The highest BCUT2D eigenvalue weighted by Gasteiger charge is 2.47. The summed E-state index contributed by atoms with van der Waals surface area (Å²) in [6.45, 7) is 1.69. The Balaban J connectivity index is 2.49. The molecule has 9 heavy (non-hydrogen) atoms. The summed E-state index contributed by atoms with van der Waals surface area (Å²) in [6, 6.07) is 0. The molecule has 1 aliphatic rings. The van der Waals surface area contributed by atoms with Crippen LogP contribution in [0.2, 0.25) is 5.31 Å². The topological polar surface area (TPSA) is 57.5 Å². The van der Waals surface area contributed by atoms with E-state index in [9.17, 15) is 4.79 Å². The first kappa shape index (κ1) is 6.77. The fraction of sp³-hybridized carbons (Fsp3) is 0.800. The van der Waals surface area contributed by atoms with Crippen molar-refractivity contribution >= 4 is 12.9 Å². The third kappa shape index (κ3) is 0.999. The summed E-state index contributed by atoms with van der Waals surface area (Å²) in [5.41, 5.74) is 0. The van der Waals surface area contributed by atoms with Gasteiger partial charge in [0.1, 0.15) is 5.78 Å². The van der Waals surface area contributed by atoms with Crippen molar-refractivity contribution in [1.82, 2.24) is 0 Å². The highest BCUT2D eigenvalue weighted by Crippen LogP contribution is 2.45. The second kappa shape index (κ2) is 1.82. The van der Waals surface area contributed by atoms with Crippen molar-refractivity contribution in [2.24, 2.45) is 0 Å². The molecule has 0 saturated heterocycles. The normalized spacial score (nSPS) is 23.2. The van der Waals surface area contributed by atoms with Gasteiger partial charge in [-0.15, -0.1) is 0 Å². The van der Waals surface area contributed by atoms with Crippen LogP contribution in [-0.2, 0) is 4.79 Å². The van der Waals surface area contributed by atoms with Crippen molar-refractivity contribution in [2.45, 2.75) is 25.1 Å². The van der Waals surface area contributed by atoms with Gasteiger partial charge in [-0.25, -0.2) is 0 Å². The van der Waals surface area contributed by atoms with Crippen LogP contribution in [0.4, 0.5) is 0 Å². The first-order valence-electron chi connectivity index (χ1n) is 2.92. The van der Waals surface area contributed by atoms with E-state index in [1.807, 2.05) is 0 Å². The van der Waals surface area contributed by atoms with Crippen LogP contribution in [0, 0.1) is 0 Å². The van der Waals surface area contributed by atoms with Crippen molar-refractivity contribution in [3.05, 3.63) is 0 Å². The largest absolute Gasteiger partial charge is 0.458 e. The Labute approximate surface area is 53.8 Å². The molecule has 0 atom stereocenters. The molecule has 0 aromatic carbocycles. The van der Waals surface area contributed by atoms with Crippen molar-refractivity contribution < 1.29 is 14.8 Å². The minimum Gasteiger partial charge on any atom is -0.427 e. The fourth-order valence-corrected chi connectivity index (χ4v) is 1.03. The Morgan fingerprint density at radius 2 is 2.00 bits per heavy atom. The average Bonchev–Trinajstić information content (AvgIpc) is 1.62. The van der Waals surface area contributed by atoms with E-state index >= 15 is 0 Å². The van der Waals surface area contributed by atoms with Crippen LogP contribution in [-0.4, -0.2) is 22.9 Å². The van der Waals surface area contributed by atoms with E-state index in [-0.39, 0.29) is 5.78 Å². The molecule has 1 aliphatic carbocycles. The third-order valence-electron chi connectivity index (χ3n) is 1.83. The highest BCUT2D eigenvalue weighted by atomic mass is 16.4. The first-order chi connectivity index (χ1) is 4.04. The average molecular weight is 128 g/mol. The van der Waals surface area contributed by atoms with Gasteiger partial charge in [-0.1, -0.05) is 6.92 Å². The molecule has 0 heterocycles. The molecule has 0 unspecified atom stereocenters. The molecule has 0 aromatic rings. The molecule has 0 radical (unpaired) electrons. The summed E-state index contributed by atoms with van der Waals surface area (Å²) in [5.74, 6) is 0.116. The van der Waals surface area contributed by atoms with E-state index in [2.05, 4.69) is 0 Å². The maximum atomic E-state index is 10.4. The molecule has 1 fully saturated rings. The lowest BCUT2D eigenvalue weighted by Gasteiger charge is -2.35. The molecule has 0 aromatic heterocycles. The Morgan fingerprint density at radius 3 is 2.11 bits per heavy atom. The summed E-state index contributed by atoms with van der Waals surface area (Å²) >= 11 is 0. The zero-order chi connectivity index (χ0) is 7.07. The van der Waals surface area contributed by atoms with Crippen LogP contribution >= 0.6 is 0 Å². The molecule has 0 bridgehead atoms. The highest BCUT2D eigenvalue weighted by molar-refractivity contribution is 6.48. The molecular formula is C5H9BO3. The van der Waals surface area contributed by atoms with Gasteiger partial charge >= 0.3 is 7.12 Å². The van der Waals surface area contributed by atoms with E-state index in [0.29, 0.717) is 12.8 Å². The lowest BCUT2D eigenvalue weighted by molar-refractivity contribution is -0.126. The third-order valence-corrected chi connectivity index (χ3v) is 1.83. The molecule has 3 nitrogen and oxygen atoms in total. The van der Waals surface area contributed by atoms with Crippen molar-refractivity contribution in [2.75, 3.05) is 0 Å². The van der Waals surface area contributed by atoms with Gasteiger partial charge in [0.2, 0.25) is 0 Å². The molecular weight excluding hydrogens is 119 g/mol. The number of hydrogen-bond acceptors (Lipinski definition) is 3. The summed E-state index contributed by atoms with van der Waals surface area (Å²) < 4.78 is 0. The number of carbonyl (C=O) groups is 1. The van der Waals surface area contributed by atoms with Gasteiger partial charge < -0.3 is 10.0 Å². The smallest absolute Gasteiger partial charge is 0.427 e. The van der Waals surface area contributed by atoms with E-state index in [1.54, 1.807) is 6.92 Å². The van der Waals surface area contributed by atoms with E-state index in [0.717, 1.165) is 0 Å². The van der Waals surface area contributed by atoms with Gasteiger partial charge in [-0.3, -0.25) is 4.79 Å². The van der Waals surface area contributed by atoms with Gasteiger partial charge in [0.05, 0.1) is 0 Å². The standard InChI is InChI=1S/C5H9BO3/c1-5(6(8)9)2-4(7)3-5/h8-9H,2-3H2,1H3. The Hall–Kier alpha value is -0.345. The predicted octanol–water partition coefficient (Wildman–Crippen LogP) is -0.418. The summed E-state index contributed by atoms with van der Waals surface area (Å²) in [5, 5.41) is 16.8. The van der Waals surface area contributed by atoms with Crippen LogP contribution < -0.4 is 0 Å². The molecule has 0 spiro atoms. The van der Waals surface area contributed by atoms with Crippen LogP contribution in [0.3, 0.4) is 0 Å². The van der Waals surface area contributed by atoms with E-state index in [4.69, 9.17) is 10.0 Å². The Kier molecular flexibility index (Phi) is 1.37. The minimum absolute atomic E-state index is 0.116. The molecule has 0 aliphatic heterocycles. The maximum absolute atomic E-state index is 10.4. The fourth-order valence-electron chi connectivity index (χ4n) is 1.03. The van der Waals surface area contributed by atoms with Crippen molar-refractivity contribution in [1.29, 1.82) is 0 Å². The summed E-state index contributed by atoms with van der Waals surface area (Å²) in [7, 11) is -1.34. The Morgan fingerprint density at radius 1 is 1.56 bits per heavy atom. The van der Waals surface area contributed by atoms with Crippen LogP contribution in [0.15, 0.2) is 0 Å². The van der Waals surface area contributed by atoms with Gasteiger partial charge in [0.15, 0.2) is 0 Å². The second-order valence-corrected chi connectivity index (χ2v) is 2.92. The monoisotopic (exact) mass is 128 g/mol. The number of ketones is 1. The zero-order valence-electron chi connectivity index (χ0n) is 5.29. The zero-order valence-corrected chi connectivity index (χ0v) is 5.29. The number of hydrogen-bond donors (Lipinski definition) is 2. The van der Waals surface area contributed by atoms with Crippen LogP contribution in [0.5, 0.6) is 0 Å². The molecule has 1 rings (SSSR count). The SMILES string of the molecule is CC1(B(O)O)CC(=O)C1. The Bertz CT molecular complexity index is 135. The maximum Gasteiger partial charge on any atom is 0.458 e. The van der Waals surface area contributed by atoms with Gasteiger partial charge in [0.25, 0.3) is 0 Å². The number of Topliss-reactive ketones (excluding diaryl/α,β-unsaturated/α-hetero) is 1. The van der Waals surface area contributed by atoms with Crippen molar-refractivity contribution in [3.8, 4) is 0 Å². The molecule has 50 valence electrons. The predicted molar refractivity (Wildman–Crippen MR) is 32.8 cm³/mol. The van der Waals surface area contributed by atoms with Crippen LogP contribution in [0.25, 0.3) is 0 Å². The minimum atomic E-state index is -1.34. The number of carbonyl (C=O) groups excluding carboxylic acids is 1. The van der Waals surface area contributed by atoms with Gasteiger partial charge in [-0.2, -0.15) is 0 Å². The lowest BCUT2D eigenvalue weighted by atomic mass is 9.48. The summed E-state index contributed by atoms with van der Waals surface area (Å²) in [4.78, 5) is 10.4. The quantitative estimate of drug-likeness (QED) is 0.471. The van der Waals surface area contributed by atoms with Gasteiger partial charge in [-0.05, 0) is 0 Å². The molecule has 1 saturated carbocycles. The van der Waals surface area contributed by atoms with Gasteiger partial charge in [0, 0.05) is 18.2 Å². The van der Waals surface area contributed by atoms with E-state index < -0.39 is 12.4 Å². The van der Waals surface area contributed by atoms with Crippen molar-refractivity contribution in [3.63, 3.8) is 0 Å². The molecule has 2 N–H and O–H groups in total. The summed E-state index contributed by atoms with van der Waals surface area (Å²) in [6.07, 6.45) is 0.620. The number of rotatable bonds is 1. The van der Waals surface area contributed by atoms with E-state index in [1.165, 1.54) is 0 Å². The lowest BCUT2D eigenvalue weighted by Crippen LogP contribution is -2.41. The first-order valence-corrected chi connectivity index (χ1v) is 2.92. The second-order valence-electron chi connectivity index (χ2n) is 2.92. The van der Waals surface area contributed by atoms with Crippen LogP contribution in [0.1, 0.15) is 19.8 Å². The molecule has 0 amide bonds. The molecule has 4 heteroatoms.